The van der Waals surface area contributed by atoms with Gasteiger partial charge in [0.05, 0.1) is 0 Å². The molecule has 1 saturated carbocycles. The van der Waals surface area contributed by atoms with E-state index < -0.39 is 61.3 Å². The Morgan fingerprint density at radius 1 is 1.04 bits per heavy atom. The maximum atomic E-state index is 13.8. The second kappa shape index (κ2) is 5.52. The lowest BCUT2D eigenvalue weighted by Crippen LogP contribution is -2.60. The molecule has 4 nitrogen and oxygen atoms in total. The zero-order valence-electron chi connectivity index (χ0n) is 11.6. The lowest BCUT2D eigenvalue weighted by Gasteiger charge is -2.41. The molecule has 0 aromatic rings. The molecule has 23 heavy (non-hydrogen) atoms. The van der Waals surface area contributed by atoms with E-state index in [4.69, 9.17) is 0 Å². The number of nitrogens with zero attached hydrogens (tertiary/aromatic N) is 1. The first-order chi connectivity index (χ1) is 10.3. The van der Waals surface area contributed by atoms with Crippen LogP contribution in [-0.2, 0) is 9.59 Å². The monoisotopic (exact) mass is 350 g/mol. The van der Waals surface area contributed by atoms with Crippen LogP contribution in [0, 0.1) is 0 Å². The Hall–Kier alpha value is -1.55. The molecule has 1 aliphatic heterocycles. The largest absolute Gasteiger partial charge is 0.471 e. The van der Waals surface area contributed by atoms with Gasteiger partial charge in [-0.05, 0) is 25.7 Å². The quantitative estimate of drug-likeness (QED) is 0.776. The number of carbonyl (C=O) groups excluding carboxylic acids is 2. The highest BCUT2D eigenvalue weighted by Gasteiger charge is 2.58. The summed E-state index contributed by atoms with van der Waals surface area (Å²) in [5, 5.41) is 1.54. The molecule has 2 aliphatic rings. The van der Waals surface area contributed by atoms with Gasteiger partial charge in [0.2, 0.25) is 0 Å². The molecule has 11 heteroatoms. The van der Waals surface area contributed by atoms with Crippen LogP contribution in [0.15, 0.2) is 0 Å². The van der Waals surface area contributed by atoms with Crippen molar-refractivity contribution in [3.63, 3.8) is 0 Å². The van der Waals surface area contributed by atoms with E-state index in [0.717, 1.165) is 0 Å². The minimum absolute atomic E-state index is 0.206. The summed E-state index contributed by atoms with van der Waals surface area (Å²) < 4.78 is 89.2. The minimum atomic E-state index is -5.19. The number of carbonyl (C=O) groups is 2. The lowest BCUT2D eigenvalue weighted by molar-refractivity contribution is -0.201. The smallest absolute Gasteiger partial charge is 0.344 e. The van der Waals surface area contributed by atoms with Crippen LogP contribution in [0.4, 0.5) is 30.7 Å². The second-order valence-corrected chi connectivity index (χ2v) is 5.73. The SMILES string of the molecule is O=C(N[C@@H]1CC[C@@H](C(F)(F)F)N(C(=O)C2(F)CC2)C1)C(F)(F)F. The molecule has 0 aromatic heterocycles. The number of likely N-dealkylation sites (tertiary alicyclic amines) is 1. The van der Waals surface area contributed by atoms with Crippen LogP contribution in [0.25, 0.3) is 0 Å². The van der Waals surface area contributed by atoms with E-state index in [1.165, 1.54) is 5.32 Å². The highest BCUT2D eigenvalue weighted by Crippen LogP contribution is 2.44. The van der Waals surface area contributed by atoms with Crippen molar-refractivity contribution in [3.05, 3.63) is 0 Å². The van der Waals surface area contributed by atoms with Crippen LogP contribution in [-0.4, -0.2) is 53.4 Å². The van der Waals surface area contributed by atoms with Gasteiger partial charge in [-0.25, -0.2) is 4.39 Å². The molecule has 1 N–H and O–H groups in total. The molecule has 2 atom stereocenters. The highest BCUT2D eigenvalue weighted by atomic mass is 19.4. The number of halogens is 7. The topological polar surface area (TPSA) is 49.4 Å². The summed E-state index contributed by atoms with van der Waals surface area (Å²) in [4.78, 5) is 23.0. The Labute approximate surface area is 126 Å². The van der Waals surface area contributed by atoms with Crippen molar-refractivity contribution in [2.75, 3.05) is 6.54 Å². The van der Waals surface area contributed by atoms with Crippen LogP contribution in [0.3, 0.4) is 0 Å². The van der Waals surface area contributed by atoms with Crippen LogP contribution >= 0.6 is 0 Å². The normalized spacial score (nSPS) is 27.5. The number of amides is 2. The summed E-state index contributed by atoms with van der Waals surface area (Å²) in [6.07, 6.45) is -11.5. The van der Waals surface area contributed by atoms with Crippen molar-refractivity contribution in [1.29, 1.82) is 0 Å². The van der Waals surface area contributed by atoms with E-state index in [-0.39, 0.29) is 17.7 Å². The van der Waals surface area contributed by atoms with Crippen molar-refractivity contribution >= 4 is 11.8 Å². The van der Waals surface area contributed by atoms with Gasteiger partial charge in [-0.1, -0.05) is 0 Å². The zero-order chi connectivity index (χ0) is 17.6. The number of hydrogen-bond donors (Lipinski definition) is 1. The van der Waals surface area contributed by atoms with E-state index in [0.29, 0.717) is 0 Å². The summed E-state index contributed by atoms with van der Waals surface area (Å²) in [6.45, 7) is -0.809. The molecular formula is C12H13F7N2O2. The van der Waals surface area contributed by atoms with E-state index in [1.54, 1.807) is 0 Å². The number of rotatable bonds is 2. The summed E-state index contributed by atoms with van der Waals surface area (Å²) in [7, 11) is 0. The number of nitrogens with one attached hydrogen (secondary N) is 1. The van der Waals surface area contributed by atoms with Gasteiger partial charge in [-0.3, -0.25) is 9.59 Å². The van der Waals surface area contributed by atoms with Crippen molar-refractivity contribution in [2.45, 2.75) is 55.8 Å². The van der Waals surface area contributed by atoms with Crippen LogP contribution in [0.5, 0.6) is 0 Å². The molecule has 2 fully saturated rings. The Kier molecular flexibility index (Phi) is 4.27. The molecule has 0 aromatic carbocycles. The molecule has 0 unspecified atom stereocenters. The first-order valence-corrected chi connectivity index (χ1v) is 6.79. The number of alkyl halides is 7. The van der Waals surface area contributed by atoms with Crippen molar-refractivity contribution in [1.82, 2.24) is 10.2 Å². The van der Waals surface area contributed by atoms with Gasteiger partial charge in [0, 0.05) is 12.6 Å². The molecule has 1 saturated heterocycles. The van der Waals surface area contributed by atoms with Gasteiger partial charge in [0.15, 0.2) is 5.67 Å². The first-order valence-electron chi connectivity index (χ1n) is 6.79. The molecule has 1 heterocycles. The van der Waals surface area contributed by atoms with Gasteiger partial charge >= 0.3 is 18.3 Å². The summed E-state index contributed by atoms with van der Waals surface area (Å²) in [5.41, 5.74) is -2.38. The molecular weight excluding hydrogens is 337 g/mol. The maximum Gasteiger partial charge on any atom is 0.471 e. The third-order valence-corrected chi connectivity index (χ3v) is 3.89. The fourth-order valence-corrected chi connectivity index (χ4v) is 2.50. The van der Waals surface area contributed by atoms with Crippen molar-refractivity contribution < 1.29 is 40.3 Å². The lowest BCUT2D eigenvalue weighted by atomic mass is 9.96. The number of hydrogen-bond acceptors (Lipinski definition) is 2. The molecule has 2 rings (SSSR count). The first kappa shape index (κ1) is 17.8. The molecule has 0 spiro atoms. The average Bonchev–Trinajstić information content (AvgIpc) is 3.14. The zero-order valence-corrected chi connectivity index (χ0v) is 11.6. The Morgan fingerprint density at radius 3 is 2.04 bits per heavy atom. The predicted molar refractivity (Wildman–Crippen MR) is 61.8 cm³/mol. The number of piperidine rings is 1. The molecule has 2 amide bonds. The predicted octanol–water partition coefficient (Wildman–Crippen LogP) is 2.09. The standard InChI is InChI=1S/C12H13F7N2O2/c13-10(3-4-10)9(23)21-5-6(20-8(22)12(17,18)19)1-2-7(21)11(14,15)16/h6-7H,1-5H2,(H,20,22)/t6-,7+/m1/s1. The van der Waals surface area contributed by atoms with E-state index in [9.17, 15) is 40.3 Å². The van der Waals surface area contributed by atoms with Crippen LogP contribution in [0.1, 0.15) is 25.7 Å². The Morgan fingerprint density at radius 2 is 1.61 bits per heavy atom. The van der Waals surface area contributed by atoms with E-state index in [2.05, 4.69) is 0 Å². The van der Waals surface area contributed by atoms with Crippen molar-refractivity contribution in [3.8, 4) is 0 Å². The van der Waals surface area contributed by atoms with Crippen LogP contribution in [0.2, 0.25) is 0 Å². The Balaban J connectivity index is 2.12. The summed E-state index contributed by atoms with van der Waals surface area (Å²) in [5.74, 6) is -3.69. The van der Waals surface area contributed by atoms with Gasteiger partial charge < -0.3 is 10.2 Å². The van der Waals surface area contributed by atoms with Gasteiger partial charge in [0.25, 0.3) is 5.91 Å². The fraction of sp³-hybridized carbons (Fsp3) is 0.833. The van der Waals surface area contributed by atoms with Gasteiger partial charge in [-0.15, -0.1) is 0 Å². The summed E-state index contributed by atoms with van der Waals surface area (Å²) >= 11 is 0. The van der Waals surface area contributed by atoms with Gasteiger partial charge in [-0.2, -0.15) is 26.3 Å². The summed E-state index contributed by atoms with van der Waals surface area (Å²) in [6, 6.07) is -3.57. The van der Waals surface area contributed by atoms with Gasteiger partial charge in [0.1, 0.15) is 6.04 Å². The molecule has 0 radical (unpaired) electrons. The molecule has 132 valence electrons. The molecule has 0 bridgehead atoms. The highest BCUT2D eigenvalue weighted by molar-refractivity contribution is 5.88. The second-order valence-electron chi connectivity index (χ2n) is 5.73. The van der Waals surface area contributed by atoms with Crippen molar-refractivity contribution in [2.24, 2.45) is 0 Å². The fourth-order valence-electron chi connectivity index (χ4n) is 2.50. The van der Waals surface area contributed by atoms with Crippen LogP contribution < -0.4 is 5.32 Å². The third-order valence-electron chi connectivity index (χ3n) is 3.89. The average molecular weight is 350 g/mol. The van der Waals surface area contributed by atoms with E-state index >= 15 is 0 Å². The minimum Gasteiger partial charge on any atom is -0.344 e. The molecule has 1 aliphatic carbocycles. The Bertz CT molecular complexity index is 499. The maximum absolute atomic E-state index is 13.8. The van der Waals surface area contributed by atoms with E-state index in [1.807, 2.05) is 0 Å². The third kappa shape index (κ3) is 3.86.